The zero-order valence-electron chi connectivity index (χ0n) is 14.6. The van der Waals surface area contributed by atoms with Gasteiger partial charge in [-0.3, -0.25) is 5.41 Å². The molecule has 0 radical (unpaired) electrons. The number of benzene rings is 2. The number of rotatable bonds is 8. The summed E-state index contributed by atoms with van der Waals surface area (Å²) in [5.41, 5.74) is 1.05. The molecule has 0 amide bonds. The van der Waals surface area contributed by atoms with Gasteiger partial charge < -0.3 is 19.5 Å². The Hall–Kier alpha value is -2.18. The minimum absolute atomic E-state index is 0.248. The Kier molecular flexibility index (Phi) is 7.63. The fraction of sp³-hybridized carbons (Fsp3) is 0.316. The molecule has 6 heteroatoms. The van der Waals surface area contributed by atoms with Crippen LogP contribution in [0.5, 0.6) is 11.5 Å². The largest absolute Gasteiger partial charge is 0.508 e. The lowest BCUT2D eigenvalue weighted by Gasteiger charge is -2.25. The van der Waals surface area contributed by atoms with Crippen LogP contribution in [0.25, 0.3) is 0 Å². The van der Waals surface area contributed by atoms with Gasteiger partial charge in [-0.05, 0) is 48.4 Å². The zero-order chi connectivity index (χ0) is 18.1. The molecule has 5 nitrogen and oxygen atoms in total. The van der Waals surface area contributed by atoms with Crippen molar-refractivity contribution in [1.29, 1.82) is 5.41 Å². The molecule has 2 rings (SSSR count). The van der Waals surface area contributed by atoms with Gasteiger partial charge in [0.15, 0.2) is 5.17 Å². The molecule has 25 heavy (non-hydrogen) atoms. The number of nitrogens with one attached hydrogen (secondary N) is 1. The fourth-order valence-electron chi connectivity index (χ4n) is 2.29. The topological polar surface area (TPSA) is 65.8 Å². The Bertz CT molecular complexity index is 659. The first-order chi connectivity index (χ1) is 12.1. The maximum absolute atomic E-state index is 9.42. The maximum atomic E-state index is 9.42. The van der Waals surface area contributed by atoms with Crippen molar-refractivity contribution in [2.45, 2.75) is 17.9 Å². The molecule has 0 unspecified atom stereocenters. The van der Waals surface area contributed by atoms with Crippen molar-refractivity contribution < 1.29 is 14.6 Å². The van der Waals surface area contributed by atoms with E-state index in [-0.39, 0.29) is 5.75 Å². The lowest BCUT2D eigenvalue weighted by molar-refractivity contribution is 0.185. The van der Waals surface area contributed by atoms with Crippen LogP contribution in [0.2, 0.25) is 0 Å². The summed E-state index contributed by atoms with van der Waals surface area (Å²) in [5, 5.41) is 18.4. The summed E-state index contributed by atoms with van der Waals surface area (Å²) >= 11 is 1.41. The molecule has 0 fully saturated rings. The summed E-state index contributed by atoms with van der Waals surface area (Å²) in [6.45, 7) is 2.01. The van der Waals surface area contributed by atoms with Gasteiger partial charge in [-0.2, -0.15) is 0 Å². The number of ether oxygens (including phenoxy) is 2. The average Bonchev–Trinajstić information content (AvgIpc) is 2.63. The monoisotopic (exact) mass is 360 g/mol. The molecule has 0 aromatic heterocycles. The van der Waals surface area contributed by atoms with Crippen LogP contribution < -0.4 is 4.74 Å². The third-order valence-corrected chi connectivity index (χ3v) is 4.61. The second-order valence-electron chi connectivity index (χ2n) is 5.52. The van der Waals surface area contributed by atoms with E-state index in [1.165, 1.54) is 11.8 Å². The summed E-state index contributed by atoms with van der Waals surface area (Å²) in [7, 11) is 3.32. The van der Waals surface area contributed by atoms with E-state index in [1.54, 1.807) is 26.4 Å². The Labute approximate surface area is 153 Å². The van der Waals surface area contributed by atoms with Gasteiger partial charge in [0.25, 0.3) is 0 Å². The van der Waals surface area contributed by atoms with Crippen molar-refractivity contribution >= 4 is 16.9 Å². The van der Waals surface area contributed by atoms with Gasteiger partial charge in [0, 0.05) is 31.7 Å². The third-order valence-electron chi connectivity index (χ3n) is 3.65. The highest BCUT2D eigenvalue weighted by Gasteiger charge is 2.12. The molecule has 0 aliphatic heterocycles. The van der Waals surface area contributed by atoms with E-state index in [2.05, 4.69) is 0 Å². The van der Waals surface area contributed by atoms with E-state index in [4.69, 9.17) is 14.9 Å². The van der Waals surface area contributed by atoms with Crippen LogP contribution in [-0.2, 0) is 11.3 Å². The molecule has 0 spiro atoms. The Morgan fingerprint density at radius 2 is 1.76 bits per heavy atom. The summed E-state index contributed by atoms with van der Waals surface area (Å²) in [6, 6.07) is 14.8. The molecular weight excluding hydrogens is 336 g/mol. The van der Waals surface area contributed by atoms with Gasteiger partial charge in [-0.15, -0.1) is 0 Å². The van der Waals surface area contributed by atoms with Gasteiger partial charge in [-0.25, -0.2) is 0 Å². The number of hydrogen-bond donors (Lipinski definition) is 2. The number of nitrogens with zero attached hydrogens (tertiary/aromatic N) is 1. The number of thioether (sulfide) groups is 1. The maximum Gasteiger partial charge on any atom is 0.161 e. The second kappa shape index (κ2) is 9.96. The summed E-state index contributed by atoms with van der Waals surface area (Å²) in [5.74, 6) is 1.05. The lowest BCUT2D eigenvalue weighted by Crippen LogP contribution is -2.29. The van der Waals surface area contributed by atoms with E-state index < -0.39 is 0 Å². The van der Waals surface area contributed by atoms with Crippen LogP contribution in [0.15, 0.2) is 53.4 Å². The molecule has 0 saturated carbocycles. The Morgan fingerprint density at radius 3 is 2.36 bits per heavy atom. The Morgan fingerprint density at radius 1 is 1.08 bits per heavy atom. The fourth-order valence-corrected chi connectivity index (χ4v) is 3.07. The van der Waals surface area contributed by atoms with Gasteiger partial charge in [0.2, 0.25) is 0 Å². The van der Waals surface area contributed by atoms with Gasteiger partial charge in [-0.1, -0.05) is 23.9 Å². The highest BCUT2D eigenvalue weighted by molar-refractivity contribution is 8.13. The van der Waals surface area contributed by atoms with Crippen LogP contribution in [0.4, 0.5) is 0 Å². The van der Waals surface area contributed by atoms with E-state index in [0.717, 1.165) is 29.2 Å². The van der Waals surface area contributed by atoms with Crippen molar-refractivity contribution in [2.75, 3.05) is 27.4 Å². The van der Waals surface area contributed by atoms with Crippen molar-refractivity contribution in [2.24, 2.45) is 0 Å². The van der Waals surface area contributed by atoms with Gasteiger partial charge >= 0.3 is 0 Å². The van der Waals surface area contributed by atoms with Crippen molar-refractivity contribution in [1.82, 2.24) is 4.90 Å². The molecule has 0 heterocycles. The first kappa shape index (κ1) is 19.1. The highest BCUT2D eigenvalue weighted by atomic mass is 32.2. The first-order valence-corrected chi connectivity index (χ1v) is 8.86. The van der Waals surface area contributed by atoms with Gasteiger partial charge in [0.1, 0.15) is 11.5 Å². The zero-order valence-corrected chi connectivity index (χ0v) is 15.4. The van der Waals surface area contributed by atoms with Crippen LogP contribution >= 0.6 is 11.8 Å². The van der Waals surface area contributed by atoms with Gasteiger partial charge in [0.05, 0.1) is 7.11 Å². The summed E-state index contributed by atoms with van der Waals surface area (Å²) in [4.78, 5) is 3.01. The van der Waals surface area contributed by atoms with E-state index in [0.29, 0.717) is 18.3 Å². The molecule has 0 bridgehead atoms. The van der Waals surface area contributed by atoms with Crippen LogP contribution in [-0.4, -0.2) is 42.5 Å². The number of amidine groups is 1. The molecule has 0 saturated heterocycles. The third kappa shape index (κ3) is 6.32. The SMILES string of the molecule is COCCCN(Cc1ccc(O)cc1)C(=N)Sc1ccc(OC)cc1. The lowest BCUT2D eigenvalue weighted by atomic mass is 10.2. The molecule has 0 atom stereocenters. The second-order valence-corrected chi connectivity index (χ2v) is 6.58. The molecule has 0 aliphatic rings. The minimum Gasteiger partial charge on any atom is -0.508 e. The molecule has 134 valence electrons. The summed E-state index contributed by atoms with van der Waals surface area (Å²) in [6.07, 6.45) is 0.847. The van der Waals surface area contributed by atoms with E-state index in [9.17, 15) is 5.11 Å². The van der Waals surface area contributed by atoms with E-state index in [1.807, 2.05) is 41.3 Å². The smallest absolute Gasteiger partial charge is 0.161 e. The molecular formula is C19H24N2O3S. The van der Waals surface area contributed by atoms with E-state index >= 15 is 0 Å². The minimum atomic E-state index is 0.248. The standard InChI is InChI=1S/C19H24N2O3S/c1-23-13-3-12-21(14-15-4-6-16(22)7-5-15)19(20)25-18-10-8-17(24-2)9-11-18/h4-11,20,22H,3,12-14H2,1-2H3. The number of hydrogen-bond acceptors (Lipinski definition) is 5. The first-order valence-electron chi connectivity index (χ1n) is 8.04. The predicted octanol–water partition coefficient (Wildman–Crippen LogP) is 3.97. The predicted molar refractivity (Wildman–Crippen MR) is 102 cm³/mol. The quantitative estimate of drug-likeness (QED) is 0.323. The van der Waals surface area contributed by atoms with Crippen LogP contribution in [0.3, 0.4) is 0 Å². The summed E-state index contributed by atoms with van der Waals surface area (Å²) < 4.78 is 10.3. The number of phenols is 1. The van der Waals surface area contributed by atoms with Crippen LogP contribution in [0.1, 0.15) is 12.0 Å². The molecule has 0 aliphatic carbocycles. The van der Waals surface area contributed by atoms with Crippen LogP contribution in [0, 0.1) is 5.41 Å². The Balaban J connectivity index is 2.03. The molecule has 2 aromatic carbocycles. The number of phenolic OH excluding ortho intramolecular Hbond substituents is 1. The molecule has 2 N–H and O–H groups in total. The van der Waals surface area contributed by atoms with Crippen molar-refractivity contribution in [3.05, 3.63) is 54.1 Å². The van der Waals surface area contributed by atoms with Crippen molar-refractivity contribution in [3.63, 3.8) is 0 Å². The average molecular weight is 360 g/mol. The normalized spacial score (nSPS) is 10.5. The number of aromatic hydroxyl groups is 1. The number of methoxy groups -OCH3 is 2. The molecule has 2 aromatic rings. The van der Waals surface area contributed by atoms with Crippen molar-refractivity contribution in [3.8, 4) is 11.5 Å². The highest BCUT2D eigenvalue weighted by Crippen LogP contribution is 2.24.